The van der Waals surface area contributed by atoms with Crippen LogP contribution in [0, 0.1) is 6.92 Å². The average molecular weight is 428 g/mol. The van der Waals surface area contributed by atoms with E-state index in [0.29, 0.717) is 45.5 Å². The van der Waals surface area contributed by atoms with E-state index in [4.69, 9.17) is 4.74 Å². The average Bonchev–Trinajstić information content (AvgIpc) is 3.20. The van der Waals surface area contributed by atoms with Crippen molar-refractivity contribution in [2.45, 2.75) is 24.8 Å². The van der Waals surface area contributed by atoms with Crippen LogP contribution >= 0.6 is 23.1 Å². The fraction of sp³-hybridized carbons (Fsp3) is 0.412. The third kappa shape index (κ3) is 3.31. The molecule has 2 aliphatic rings. The minimum atomic E-state index is -4.53. The van der Waals surface area contributed by atoms with Crippen molar-refractivity contribution in [3.63, 3.8) is 0 Å². The number of pyridine rings is 1. The zero-order valence-electron chi connectivity index (χ0n) is 14.9. The van der Waals surface area contributed by atoms with Crippen LogP contribution in [-0.2, 0) is 15.7 Å². The summed E-state index contributed by atoms with van der Waals surface area (Å²) >= 11 is 2.36. The summed E-state index contributed by atoms with van der Waals surface area (Å²) < 4.78 is 44.3. The van der Waals surface area contributed by atoms with Crippen molar-refractivity contribution in [1.82, 2.24) is 4.98 Å². The van der Waals surface area contributed by atoms with Gasteiger partial charge in [0.15, 0.2) is 5.17 Å². The van der Waals surface area contributed by atoms with Gasteiger partial charge in [0.2, 0.25) is 5.91 Å². The molecule has 0 aromatic carbocycles. The Morgan fingerprint density at radius 1 is 1.39 bits per heavy atom. The molecular formula is C17H15F3N4O2S2. The van der Waals surface area contributed by atoms with Crippen LogP contribution in [0.15, 0.2) is 16.1 Å². The highest BCUT2D eigenvalue weighted by Gasteiger charge is 2.41. The second-order valence-corrected chi connectivity index (χ2v) is 8.37. The second kappa shape index (κ2) is 7.12. The molecule has 0 bridgehead atoms. The Kier molecular flexibility index (Phi) is 4.92. The number of halogens is 3. The predicted octanol–water partition coefficient (Wildman–Crippen LogP) is 3.87. The smallest absolute Gasteiger partial charge is 0.385 e. The quantitative estimate of drug-likeness (QED) is 0.750. The van der Waals surface area contributed by atoms with Gasteiger partial charge in [-0.3, -0.25) is 9.79 Å². The van der Waals surface area contributed by atoms with Gasteiger partial charge in [-0.2, -0.15) is 13.2 Å². The number of nitrogens with zero attached hydrogens (tertiary/aromatic N) is 3. The molecule has 1 unspecified atom stereocenters. The fourth-order valence-corrected chi connectivity index (χ4v) is 5.35. The number of aromatic nitrogens is 1. The van der Waals surface area contributed by atoms with Crippen LogP contribution < -0.4 is 5.32 Å². The maximum atomic E-state index is 13.1. The Morgan fingerprint density at radius 2 is 2.18 bits per heavy atom. The summed E-state index contributed by atoms with van der Waals surface area (Å²) in [6, 6.07) is 1.00. The fourth-order valence-electron chi connectivity index (χ4n) is 3.07. The number of amidine groups is 1. The summed E-state index contributed by atoms with van der Waals surface area (Å²) in [6.45, 7) is 2.68. The van der Waals surface area contributed by atoms with E-state index in [1.165, 1.54) is 11.8 Å². The lowest BCUT2D eigenvalue weighted by molar-refractivity contribution is -0.141. The number of aliphatic imine (C=N–C) groups is 2. The predicted molar refractivity (Wildman–Crippen MR) is 105 cm³/mol. The number of thioether (sulfide) groups is 1. The van der Waals surface area contributed by atoms with Gasteiger partial charge < -0.3 is 10.1 Å². The lowest BCUT2D eigenvalue weighted by Gasteiger charge is -2.19. The van der Waals surface area contributed by atoms with E-state index in [1.807, 2.05) is 0 Å². The van der Waals surface area contributed by atoms with E-state index in [1.54, 1.807) is 14.0 Å². The molecule has 148 valence electrons. The van der Waals surface area contributed by atoms with Gasteiger partial charge in [0.25, 0.3) is 0 Å². The molecular weight excluding hydrogens is 413 g/mol. The maximum absolute atomic E-state index is 13.1. The van der Waals surface area contributed by atoms with Gasteiger partial charge in [-0.05, 0) is 25.0 Å². The second-order valence-electron chi connectivity index (χ2n) is 6.30. The summed E-state index contributed by atoms with van der Waals surface area (Å²) in [6.07, 6.45) is -3.79. The molecule has 1 amide bonds. The van der Waals surface area contributed by atoms with Crippen molar-refractivity contribution in [1.29, 1.82) is 0 Å². The number of thiophene rings is 1. The molecule has 4 rings (SSSR count). The van der Waals surface area contributed by atoms with Crippen molar-refractivity contribution in [2.24, 2.45) is 9.98 Å². The molecule has 2 aliphatic heterocycles. The Hall–Kier alpha value is -1.98. The summed E-state index contributed by atoms with van der Waals surface area (Å²) in [7, 11) is 1.61. The normalized spacial score (nSPS) is 20.3. The molecule has 2 aromatic rings. The van der Waals surface area contributed by atoms with Crippen molar-refractivity contribution < 1.29 is 22.7 Å². The lowest BCUT2D eigenvalue weighted by atomic mass is 10.0. The molecule has 1 atom stereocenters. The van der Waals surface area contributed by atoms with Gasteiger partial charge in [-0.25, -0.2) is 9.98 Å². The Labute approximate surface area is 166 Å². The van der Waals surface area contributed by atoms with E-state index in [-0.39, 0.29) is 10.7 Å². The third-order valence-corrected chi connectivity index (χ3v) is 6.52. The molecule has 0 aliphatic carbocycles. The van der Waals surface area contributed by atoms with E-state index < -0.39 is 17.1 Å². The zero-order chi connectivity index (χ0) is 20.1. The Bertz CT molecular complexity index is 1030. The number of ether oxygens (including phenoxy) is 1. The molecule has 0 fully saturated rings. The number of hydrogen-bond acceptors (Lipinski definition) is 6. The summed E-state index contributed by atoms with van der Waals surface area (Å²) in [4.78, 5) is 26.1. The minimum absolute atomic E-state index is 0.233. The number of aryl methyl sites for hydroxylation is 1. The standard InChI is InChI=1S/C17H15F3N4O2S2/c1-7-6-8(17(18,19)20)22-15-9(7)10-12(27-15)11-13(14(25)23-10)28-16(24-11)21-4-3-5-26-2/h6,13H,3-5H2,1-2H3,(H,23,25). The molecule has 0 saturated carbocycles. The highest BCUT2D eigenvalue weighted by Crippen LogP contribution is 2.45. The number of carbonyl (C=O) groups is 1. The van der Waals surface area contributed by atoms with Crippen LogP contribution in [0.2, 0.25) is 0 Å². The Balaban J connectivity index is 1.77. The van der Waals surface area contributed by atoms with E-state index in [0.717, 1.165) is 23.8 Å². The van der Waals surface area contributed by atoms with Gasteiger partial charge in [0, 0.05) is 25.6 Å². The van der Waals surface area contributed by atoms with E-state index in [2.05, 4.69) is 20.3 Å². The lowest BCUT2D eigenvalue weighted by Crippen LogP contribution is -2.35. The topological polar surface area (TPSA) is 75.9 Å². The molecule has 6 nitrogen and oxygen atoms in total. The highest BCUT2D eigenvalue weighted by atomic mass is 32.2. The number of hydrogen-bond donors (Lipinski definition) is 1. The van der Waals surface area contributed by atoms with Crippen LogP contribution in [0.1, 0.15) is 22.6 Å². The molecule has 4 heterocycles. The van der Waals surface area contributed by atoms with Crippen molar-refractivity contribution in [3.05, 3.63) is 22.2 Å². The SMILES string of the molecule is COCCCN=C1N=C2c3sc4nc(C(F)(F)F)cc(C)c4c3NC(=O)C2S1. The molecule has 1 N–H and O–H groups in total. The number of anilines is 1. The van der Waals surface area contributed by atoms with Crippen molar-refractivity contribution in [3.8, 4) is 0 Å². The first kappa shape index (κ1) is 19.3. The largest absolute Gasteiger partial charge is 0.433 e. The molecule has 0 saturated heterocycles. The first-order valence-corrected chi connectivity index (χ1v) is 10.1. The van der Waals surface area contributed by atoms with Crippen molar-refractivity contribution in [2.75, 3.05) is 25.6 Å². The number of fused-ring (bicyclic) bond motifs is 5. The number of amides is 1. The monoisotopic (exact) mass is 428 g/mol. The van der Waals surface area contributed by atoms with Gasteiger partial charge in [0.1, 0.15) is 15.8 Å². The van der Waals surface area contributed by atoms with Crippen LogP contribution in [0.5, 0.6) is 0 Å². The van der Waals surface area contributed by atoms with Gasteiger partial charge >= 0.3 is 6.18 Å². The van der Waals surface area contributed by atoms with Crippen molar-refractivity contribution >= 4 is 55.8 Å². The molecule has 0 radical (unpaired) electrons. The van der Waals surface area contributed by atoms with Crippen LogP contribution in [0.3, 0.4) is 0 Å². The Morgan fingerprint density at radius 3 is 2.89 bits per heavy atom. The summed E-state index contributed by atoms with van der Waals surface area (Å²) in [5, 5.41) is 3.30. The zero-order valence-corrected chi connectivity index (χ0v) is 16.5. The van der Waals surface area contributed by atoms with Crippen LogP contribution in [0.4, 0.5) is 18.9 Å². The first-order chi connectivity index (χ1) is 13.3. The maximum Gasteiger partial charge on any atom is 0.433 e. The van der Waals surface area contributed by atoms with Gasteiger partial charge in [-0.15, -0.1) is 11.3 Å². The molecule has 11 heteroatoms. The van der Waals surface area contributed by atoms with Gasteiger partial charge in [0.05, 0.1) is 16.3 Å². The number of carbonyl (C=O) groups excluding carboxylic acids is 1. The summed E-state index contributed by atoms with van der Waals surface area (Å²) in [5.74, 6) is -0.252. The third-order valence-electron chi connectivity index (χ3n) is 4.31. The number of methoxy groups -OCH3 is 1. The van der Waals surface area contributed by atoms with E-state index >= 15 is 0 Å². The number of nitrogens with one attached hydrogen (secondary N) is 1. The number of alkyl halides is 3. The summed E-state index contributed by atoms with van der Waals surface area (Å²) in [5.41, 5.74) is 0.487. The minimum Gasteiger partial charge on any atom is -0.385 e. The molecule has 2 aromatic heterocycles. The molecule has 0 spiro atoms. The highest BCUT2D eigenvalue weighted by molar-refractivity contribution is 8.16. The first-order valence-electron chi connectivity index (χ1n) is 8.41. The van der Waals surface area contributed by atoms with Crippen LogP contribution in [0.25, 0.3) is 10.2 Å². The van der Waals surface area contributed by atoms with Crippen LogP contribution in [-0.4, -0.2) is 47.3 Å². The number of rotatable bonds is 4. The van der Waals surface area contributed by atoms with E-state index in [9.17, 15) is 18.0 Å². The van der Waals surface area contributed by atoms with Gasteiger partial charge in [-0.1, -0.05) is 11.8 Å². The molecule has 28 heavy (non-hydrogen) atoms.